The molecule has 2 unspecified atom stereocenters. The topological polar surface area (TPSA) is 169 Å². The van der Waals surface area contributed by atoms with Gasteiger partial charge in [0.25, 0.3) is 0 Å². The molecule has 11 atom stereocenters. The first-order valence-corrected chi connectivity index (χ1v) is 20.1. The Hall–Kier alpha value is -2.53. The maximum Gasteiger partial charge on any atom is 0.221 e. The van der Waals surface area contributed by atoms with Gasteiger partial charge in [-0.05, 0) is 123 Å². The van der Waals surface area contributed by atoms with E-state index in [9.17, 15) is 14.4 Å². The summed E-state index contributed by atoms with van der Waals surface area (Å²) in [4.78, 5) is 41.7. The Labute approximate surface area is 307 Å². The van der Waals surface area contributed by atoms with Crippen molar-refractivity contribution in [1.29, 1.82) is 0 Å². The van der Waals surface area contributed by atoms with Gasteiger partial charge in [-0.25, -0.2) is 0 Å². The van der Waals surface area contributed by atoms with Gasteiger partial charge in [0.15, 0.2) is 0 Å². The average Bonchev–Trinajstić information content (AvgIpc) is 3.44. The molecule has 286 valence electrons. The summed E-state index contributed by atoms with van der Waals surface area (Å²) in [6, 6.07) is 10.9. The van der Waals surface area contributed by atoms with E-state index >= 15 is 0 Å². The molecule has 4 fully saturated rings. The predicted octanol–water partition coefficient (Wildman–Crippen LogP) is 3.91. The second kappa shape index (κ2) is 17.5. The van der Waals surface area contributed by atoms with Crippen LogP contribution in [-0.2, 0) is 20.9 Å². The first-order chi connectivity index (χ1) is 24.4. The quantitative estimate of drug-likeness (QED) is 0.151. The van der Waals surface area contributed by atoms with Gasteiger partial charge in [0.05, 0.1) is 0 Å². The highest BCUT2D eigenvalue weighted by atomic mass is 16.2. The monoisotopic (exact) mass is 708 g/mol. The molecule has 5 rings (SSSR count). The van der Waals surface area contributed by atoms with Gasteiger partial charge in [-0.3, -0.25) is 14.4 Å². The van der Waals surface area contributed by atoms with E-state index in [4.69, 9.17) is 17.2 Å². The maximum atomic E-state index is 13.4. The van der Waals surface area contributed by atoms with Crippen LogP contribution in [0.1, 0.15) is 103 Å². The van der Waals surface area contributed by atoms with Crippen molar-refractivity contribution in [2.24, 2.45) is 63.5 Å². The minimum absolute atomic E-state index is 0.0256. The SMILES string of the molecule is C[C@H](CCCN(C)Cc1ccccc1)[C@H]1CC[C@H]2C3[C@H](NC(=O)CCN)CC4C[C@H](NC(=O)CCN)CC[C@]4(C)[C@H]3C[C@H](NC(=O)CCN)[C@]12C. The third kappa shape index (κ3) is 8.82. The van der Waals surface area contributed by atoms with Crippen molar-refractivity contribution in [1.82, 2.24) is 20.9 Å². The van der Waals surface area contributed by atoms with Crippen LogP contribution < -0.4 is 33.2 Å². The molecule has 9 N–H and O–H groups in total. The van der Waals surface area contributed by atoms with Crippen molar-refractivity contribution >= 4 is 17.7 Å². The minimum atomic E-state index is -0.0891. The zero-order valence-electron chi connectivity index (χ0n) is 32.0. The average molecular weight is 708 g/mol. The van der Waals surface area contributed by atoms with Gasteiger partial charge in [-0.2, -0.15) is 0 Å². The molecule has 0 aromatic heterocycles. The molecule has 4 saturated carbocycles. The fourth-order valence-electron chi connectivity index (χ4n) is 11.8. The summed E-state index contributed by atoms with van der Waals surface area (Å²) >= 11 is 0. The summed E-state index contributed by atoms with van der Waals surface area (Å²) in [6.07, 6.45) is 10.3. The van der Waals surface area contributed by atoms with Gasteiger partial charge < -0.3 is 38.1 Å². The summed E-state index contributed by atoms with van der Waals surface area (Å²) < 4.78 is 0. The van der Waals surface area contributed by atoms with E-state index in [0.717, 1.165) is 70.9 Å². The second-order valence-electron chi connectivity index (χ2n) is 17.3. The number of benzene rings is 1. The van der Waals surface area contributed by atoms with Crippen LogP contribution in [0.3, 0.4) is 0 Å². The number of rotatable bonds is 16. The molecule has 10 nitrogen and oxygen atoms in total. The summed E-state index contributed by atoms with van der Waals surface area (Å²) in [7, 11) is 2.21. The summed E-state index contributed by atoms with van der Waals surface area (Å²) in [6.45, 7) is 10.4. The van der Waals surface area contributed by atoms with E-state index in [0.29, 0.717) is 74.4 Å². The number of nitrogens with two attached hydrogens (primary N) is 3. The summed E-state index contributed by atoms with van der Waals surface area (Å²) in [5, 5.41) is 10.4. The highest BCUT2D eigenvalue weighted by Crippen LogP contribution is 2.68. The molecular formula is C41H69N7O3. The molecule has 1 aromatic rings. The van der Waals surface area contributed by atoms with Crippen molar-refractivity contribution in [2.75, 3.05) is 33.2 Å². The van der Waals surface area contributed by atoms with Gasteiger partial charge in [-0.1, -0.05) is 51.1 Å². The molecule has 1 aromatic carbocycles. The van der Waals surface area contributed by atoms with Crippen molar-refractivity contribution in [3.8, 4) is 0 Å². The molecule has 0 aliphatic heterocycles. The Balaban J connectivity index is 1.39. The van der Waals surface area contributed by atoms with Crippen LogP contribution >= 0.6 is 0 Å². The van der Waals surface area contributed by atoms with Crippen LogP contribution in [0.25, 0.3) is 0 Å². The molecular weight excluding hydrogens is 638 g/mol. The van der Waals surface area contributed by atoms with E-state index < -0.39 is 0 Å². The van der Waals surface area contributed by atoms with Crippen LogP contribution in [0.5, 0.6) is 0 Å². The fourth-order valence-corrected chi connectivity index (χ4v) is 11.8. The number of amides is 3. The molecule has 0 bridgehead atoms. The summed E-state index contributed by atoms with van der Waals surface area (Å²) in [5.74, 6) is 2.53. The van der Waals surface area contributed by atoms with Crippen LogP contribution in [0.4, 0.5) is 0 Å². The molecule has 4 aliphatic carbocycles. The lowest BCUT2D eigenvalue weighted by Crippen LogP contribution is -2.67. The lowest BCUT2D eigenvalue weighted by molar-refractivity contribution is -0.153. The molecule has 0 radical (unpaired) electrons. The number of carbonyl (C=O) groups is 3. The Morgan fingerprint density at radius 2 is 1.49 bits per heavy atom. The van der Waals surface area contributed by atoms with Gasteiger partial charge in [0.2, 0.25) is 17.7 Å². The molecule has 10 heteroatoms. The minimum Gasteiger partial charge on any atom is -0.353 e. The van der Waals surface area contributed by atoms with Gasteiger partial charge in [0, 0.05) is 63.6 Å². The first-order valence-electron chi connectivity index (χ1n) is 20.1. The summed E-state index contributed by atoms with van der Waals surface area (Å²) in [5.41, 5.74) is 18.8. The number of hydrogen-bond donors (Lipinski definition) is 6. The first kappa shape index (κ1) is 39.7. The normalized spacial score (nSPS) is 34.9. The highest BCUT2D eigenvalue weighted by Gasteiger charge is 2.66. The number of nitrogens with zero attached hydrogens (tertiary/aromatic N) is 1. The van der Waals surface area contributed by atoms with E-state index in [1.165, 1.54) is 5.56 Å². The van der Waals surface area contributed by atoms with Crippen molar-refractivity contribution in [2.45, 2.75) is 122 Å². The number of nitrogens with one attached hydrogen (secondary N) is 3. The molecule has 4 aliphatic rings. The highest BCUT2D eigenvalue weighted by molar-refractivity contribution is 5.77. The molecule has 0 heterocycles. The zero-order chi connectivity index (χ0) is 36.8. The van der Waals surface area contributed by atoms with Crippen molar-refractivity contribution in [3.63, 3.8) is 0 Å². The van der Waals surface area contributed by atoms with E-state index in [-0.39, 0.29) is 46.7 Å². The Bertz CT molecular complexity index is 1310. The van der Waals surface area contributed by atoms with Crippen LogP contribution in [-0.4, -0.2) is 74.0 Å². The lowest BCUT2D eigenvalue weighted by atomic mass is 9.42. The zero-order valence-corrected chi connectivity index (χ0v) is 32.0. The van der Waals surface area contributed by atoms with E-state index in [2.05, 4.69) is 79.0 Å². The van der Waals surface area contributed by atoms with Gasteiger partial charge >= 0.3 is 0 Å². The van der Waals surface area contributed by atoms with E-state index in [1.807, 2.05) is 0 Å². The van der Waals surface area contributed by atoms with Gasteiger partial charge in [-0.15, -0.1) is 0 Å². The van der Waals surface area contributed by atoms with Crippen LogP contribution in [0, 0.1) is 46.3 Å². The van der Waals surface area contributed by atoms with Gasteiger partial charge in [0.1, 0.15) is 0 Å². The standard InChI is InChI=1S/C41H69N7O3/c1-27(9-8-22-48(4)26-28-10-6-5-7-11-28)31-12-13-32-39-33(25-35(41(31,32)3)47-38(51)17-21-44)40(2)18-14-30(45-36(49)15-19-42)23-29(40)24-34(39)46-37(50)16-20-43/h5-7,10-11,27,29-35,39H,8-9,12-26,42-44H2,1-4H3,(H,45,49)(H,46,50)(H,47,51)/t27-,29?,30-,31-,32+,33+,34-,35+,39?,40+,41-/m1/s1. The lowest BCUT2D eigenvalue weighted by Gasteiger charge is -2.65. The molecule has 0 saturated heterocycles. The molecule has 0 spiro atoms. The fraction of sp³-hybridized carbons (Fsp3) is 0.780. The molecule has 3 amide bonds. The maximum absolute atomic E-state index is 13.4. The Morgan fingerprint density at radius 1 is 0.843 bits per heavy atom. The largest absolute Gasteiger partial charge is 0.353 e. The second-order valence-corrected chi connectivity index (χ2v) is 17.3. The van der Waals surface area contributed by atoms with Crippen LogP contribution in [0.15, 0.2) is 30.3 Å². The third-order valence-electron chi connectivity index (χ3n) is 14.3. The Kier molecular flexibility index (Phi) is 13.6. The van der Waals surface area contributed by atoms with Crippen LogP contribution in [0.2, 0.25) is 0 Å². The predicted molar refractivity (Wildman–Crippen MR) is 204 cm³/mol. The Morgan fingerprint density at radius 3 is 2.16 bits per heavy atom. The smallest absolute Gasteiger partial charge is 0.221 e. The number of carbonyl (C=O) groups excluding carboxylic acids is 3. The van der Waals surface area contributed by atoms with Crippen molar-refractivity contribution < 1.29 is 14.4 Å². The number of fused-ring (bicyclic) bond motifs is 5. The van der Waals surface area contributed by atoms with E-state index in [1.54, 1.807) is 0 Å². The molecule has 51 heavy (non-hydrogen) atoms. The third-order valence-corrected chi connectivity index (χ3v) is 14.3. The van der Waals surface area contributed by atoms with Crippen molar-refractivity contribution in [3.05, 3.63) is 35.9 Å². The number of hydrogen-bond acceptors (Lipinski definition) is 7.